The third-order valence-corrected chi connectivity index (χ3v) is 2.85. The highest BCUT2D eigenvalue weighted by Crippen LogP contribution is 2.21. The lowest BCUT2D eigenvalue weighted by Crippen LogP contribution is -1.91. The zero-order valence-electron chi connectivity index (χ0n) is 9.89. The van der Waals surface area contributed by atoms with Crippen LogP contribution < -0.4 is 0 Å². The van der Waals surface area contributed by atoms with E-state index in [1.54, 1.807) is 0 Å². The average Bonchev–Trinajstić information content (AvgIpc) is 2.24. The van der Waals surface area contributed by atoms with Gasteiger partial charge in [0, 0.05) is 5.57 Å². The molecule has 1 heteroatoms. The number of nitriles is 1. The number of rotatable bonds is 2. The summed E-state index contributed by atoms with van der Waals surface area (Å²) in [5.41, 5.74) is 5.83. The highest BCUT2D eigenvalue weighted by molar-refractivity contribution is 5.64. The summed E-state index contributed by atoms with van der Waals surface area (Å²) in [5.74, 6) is 0. The topological polar surface area (TPSA) is 23.8 Å². The fraction of sp³-hybridized carbons (Fsp3) is 0.357. The lowest BCUT2D eigenvalue weighted by atomic mass is 9.96. The van der Waals surface area contributed by atoms with Crippen LogP contribution >= 0.6 is 0 Å². The summed E-state index contributed by atoms with van der Waals surface area (Å²) in [6.07, 6.45) is 2.81. The molecular formula is C14H17N. The first-order valence-electron chi connectivity index (χ1n) is 5.27. The molecule has 0 amide bonds. The first-order chi connectivity index (χ1) is 7.10. The van der Waals surface area contributed by atoms with Gasteiger partial charge in [-0.1, -0.05) is 19.1 Å². The molecule has 0 aliphatic rings. The van der Waals surface area contributed by atoms with Gasteiger partial charge in [0.1, 0.15) is 0 Å². The molecule has 0 atom stereocenters. The largest absolute Gasteiger partial charge is 0.193 e. The second-order valence-electron chi connectivity index (χ2n) is 3.87. The molecule has 15 heavy (non-hydrogen) atoms. The molecule has 0 fully saturated rings. The standard InChI is InChI=1S/C14H17N/c1-5-13(9-15)8-14-11(3)7-6-10(2)12(14)4/h6-8H,5H2,1-4H3/b13-8+. The summed E-state index contributed by atoms with van der Waals surface area (Å²) < 4.78 is 0. The normalized spacial score (nSPS) is 11.3. The van der Waals surface area contributed by atoms with E-state index >= 15 is 0 Å². The third-order valence-electron chi connectivity index (χ3n) is 2.85. The Morgan fingerprint density at radius 2 is 1.87 bits per heavy atom. The Bertz CT molecular complexity index is 433. The quantitative estimate of drug-likeness (QED) is 0.662. The molecule has 1 nitrogen and oxygen atoms in total. The second-order valence-corrected chi connectivity index (χ2v) is 3.87. The van der Waals surface area contributed by atoms with Crippen molar-refractivity contribution in [1.29, 1.82) is 5.26 Å². The van der Waals surface area contributed by atoms with Crippen LogP contribution in [0.25, 0.3) is 6.08 Å². The molecule has 0 aromatic heterocycles. The summed E-state index contributed by atoms with van der Waals surface area (Å²) in [7, 11) is 0. The number of benzene rings is 1. The van der Waals surface area contributed by atoms with Gasteiger partial charge in [-0.15, -0.1) is 0 Å². The van der Waals surface area contributed by atoms with Crippen molar-refractivity contribution in [2.24, 2.45) is 0 Å². The molecule has 0 radical (unpaired) electrons. The lowest BCUT2D eigenvalue weighted by Gasteiger charge is -2.08. The van der Waals surface area contributed by atoms with Gasteiger partial charge in [-0.25, -0.2) is 0 Å². The van der Waals surface area contributed by atoms with Crippen LogP contribution in [0.3, 0.4) is 0 Å². The van der Waals surface area contributed by atoms with Crippen molar-refractivity contribution in [1.82, 2.24) is 0 Å². The SMILES string of the molecule is CC/C(C#N)=C\c1c(C)ccc(C)c1C. The van der Waals surface area contributed by atoms with Gasteiger partial charge >= 0.3 is 0 Å². The van der Waals surface area contributed by atoms with Crippen molar-refractivity contribution in [2.75, 3.05) is 0 Å². The average molecular weight is 199 g/mol. The van der Waals surface area contributed by atoms with E-state index in [0.29, 0.717) is 0 Å². The summed E-state index contributed by atoms with van der Waals surface area (Å²) >= 11 is 0. The minimum absolute atomic E-state index is 0.795. The van der Waals surface area contributed by atoms with Crippen LogP contribution in [0.5, 0.6) is 0 Å². The van der Waals surface area contributed by atoms with Crippen LogP contribution in [0.2, 0.25) is 0 Å². The van der Waals surface area contributed by atoms with Gasteiger partial charge in [-0.3, -0.25) is 0 Å². The van der Waals surface area contributed by atoms with E-state index in [2.05, 4.69) is 39.0 Å². The fourth-order valence-corrected chi connectivity index (χ4v) is 1.58. The van der Waals surface area contributed by atoms with E-state index < -0.39 is 0 Å². The number of nitrogens with zero attached hydrogens (tertiary/aromatic N) is 1. The van der Waals surface area contributed by atoms with Crippen molar-refractivity contribution in [3.8, 4) is 6.07 Å². The van der Waals surface area contributed by atoms with Crippen LogP contribution in [-0.2, 0) is 0 Å². The molecule has 0 saturated heterocycles. The molecule has 1 aromatic carbocycles. The Balaban J connectivity index is 3.32. The van der Waals surface area contributed by atoms with E-state index in [-0.39, 0.29) is 0 Å². The Hall–Kier alpha value is -1.55. The molecule has 1 aromatic rings. The summed E-state index contributed by atoms with van der Waals surface area (Å²) in [6.45, 7) is 8.31. The van der Waals surface area contributed by atoms with Gasteiger partial charge in [-0.05, 0) is 55.5 Å². The molecule has 0 N–H and O–H groups in total. The Morgan fingerprint density at radius 3 is 2.40 bits per heavy atom. The van der Waals surface area contributed by atoms with Crippen LogP contribution in [-0.4, -0.2) is 0 Å². The summed E-state index contributed by atoms with van der Waals surface area (Å²) in [5, 5.41) is 8.92. The van der Waals surface area contributed by atoms with Crippen molar-refractivity contribution >= 4 is 6.08 Å². The van der Waals surface area contributed by atoms with Crippen LogP contribution in [0.15, 0.2) is 17.7 Å². The first kappa shape index (κ1) is 11.5. The Morgan fingerprint density at radius 1 is 1.27 bits per heavy atom. The molecule has 0 saturated carbocycles. The molecule has 78 valence electrons. The number of aryl methyl sites for hydroxylation is 2. The summed E-state index contributed by atoms with van der Waals surface area (Å²) in [6, 6.07) is 6.47. The monoisotopic (exact) mass is 199 g/mol. The highest BCUT2D eigenvalue weighted by atomic mass is 14.2. The number of allylic oxidation sites excluding steroid dienone is 1. The Kier molecular flexibility index (Phi) is 3.68. The predicted molar refractivity (Wildman–Crippen MR) is 64.5 cm³/mol. The van der Waals surface area contributed by atoms with Crippen LogP contribution in [0.4, 0.5) is 0 Å². The maximum absolute atomic E-state index is 8.92. The molecule has 0 spiro atoms. The van der Waals surface area contributed by atoms with Gasteiger partial charge in [-0.2, -0.15) is 5.26 Å². The minimum Gasteiger partial charge on any atom is -0.193 e. The maximum atomic E-state index is 8.92. The van der Waals surface area contributed by atoms with Crippen molar-refractivity contribution in [2.45, 2.75) is 34.1 Å². The lowest BCUT2D eigenvalue weighted by molar-refractivity contribution is 1.16. The minimum atomic E-state index is 0.795. The summed E-state index contributed by atoms with van der Waals surface area (Å²) in [4.78, 5) is 0. The van der Waals surface area contributed by atoms with Crippen molar-refractivity contribution in [3.63, 3.8) is 0 Å². The number of hydrogen-bond acceptors (Lipinski definition) is 1. The van der Waals surface area contributed by atoms with Crippen molar-refractivity contribution < 1.29 is 0 Å². The smallest absolute Gasteiger partial charge is 0.0947 e. The van der Waals surface area contributed by atoms with Gasteiger partial charge in [0.15, 0.2) is 0 Å². The van der Waals surface area contributed by atoms with E-state index in [1.807, 2.05) is 13.0 Å². The Labute approximate surface area is 92.1 Å². The van der Waals surface area contributed by atoms with Gasteiger partial charge in [0.2, 0.25) is 0 Å². The third kappa shape index (κ3) is 2.47. The van der Waals surface area contributed by atoms with E-state index in [9.17, 15) is 0 Å². The molecule has 0 heterocycles. The van der Waals surface area contributed by atoms with E-state index in [4.69, 9.17) is 5.26 Å². The molecule has 0 unspecified atom stereocenters. The van der Waals surface area contributed by atoms with Gasteiger partial charge in [0.25, 0.3) is 0 Å². The van der Waals surface area contributed by atoms with Gasteiger partial charge < -0.3 is 0 Å². The zero-order valence-corrected chi connectivity index (χ0v) is 9.89. The second kappa shape index (κ2) is 4.79. The van der Waals surface area contributed by atoms with Crippen LogP contribution in [0, 0.1) is 32.1 Å². The van der Waals surface area contributed by atoms with E-state index in [1.165, 1.54) is 22.3 Å². The highest BCUT2D eigenvalue weighted by Gasteiger charge is 2.03. The molecule has 0 aliphatic carbocycles. The predicted octanol–water partition coefficient (Wildman–Crippen LogP) is 3.93. The molecular weight excluding hydrogens is 182 g/mol. The molecule has 0 aliphatic heterocycles. The molecule has 1 rings (SSSR count). The fourth-order valence-electron chi connectivity index (χ4n) is 1.58. The van der Waals surface area contributed by atoms with Crippen LogP contribution in [0.1, 0.15) is 35.6 Å². The maximum Gasteiger partial charge on any atom is 0.0947 e. The number of hydrogen-bond donors (Lipinski definition) is 0. The van der Waals surface area contributed by atoms with E-state index in [0.717, 1.165) is 12.0 Å². The van der Waals surface area contributed by atoms with Gasteiger partial charge in [0.05, 0.1) is 6.07 Å². The van der Waals surface area contributed by atoms with Crippen molar-refractivity contribution in [3.05, 3.63) is 40.0 Å². The zero-order chi connectivity index (χ0) is 11.4. The first-order valence-corrected chi connectivity index (χ1v) is 5.27. The molecule has 0 bridgehead atoms.